The molecule has 0 aliphatic rings. The maximum absolute atomic E-state index is 8.56. The summed E-state index contributed by atoms with van der Waals surface area (Å²) in [7, 11) is 0. The fourth-order valence-electron chi connectivity index (χ4n) is 8.25. The van der Waals surface area contributed by atoms with Gasteiger partial charge in [0.15, 0.2) is 0 Å². The van der Waals surface area contributed by atoms with Crippen molar-refractivity contribution in [2.75, 3.05) is 0 Å². The van der Waals surface area contributed by atoms with E-state index in [2.05, 4.69) is 74.3 Å². The van der Waals surface area contributed by atoms with Gasteiger partial charge in [0.2, 0.25) is 5.71 Å². The summed E-state index contributed by atoms with van der Waals surface area (Å²) in [6, 6.07) is 53.8. The summed E-state index contributed by atoms with van der Waals surface area (Å²) in [5.41, 5.74) is 10.2. The zero-order chi connectivity index (χ0) is 46.8. The zero-order valence-corrected chi connectivity index (χ0v) is 39.9. The van der Waals surface area contributed by atoms with Gasteiger partial charge in [-0.25, -0.2) is 4.98 Å². The van der Waals surface area contributed by atoms with Crippen LogP contribution in [0.4, 0.5) is 0 Å². The molecule has 0 amide bonds. The van der Waals surface area contributed by atoms with E-state index in [0.29, 0.717) is 17.0 Å². The second-order valence-corrected chi connectivity index (χ2v) is 27.3. The molecule has 5 aromatic heterocycles. The Bertz CT molecular complexity index is 3640. The van der Waals surface area contributed by atoms with Crippen molar-refractivity contribution >= 4 is 72.7 Å². The van der Waals surface area contributed by atoms with Crippen molar-refractivity contribution in [1.29, 1.82) is 0 Å². The molecule has 0 saturated heterocycles. The van der Waals surface area contributed by atoms with Gasteiger partial charge in [0.1, 0.15) is 11.2 Å². The molecule has 1 radical (unpaired) electrons. The van der Waals surface area contributed by atoms with Crippen LogP contribution >= 0.6 is 0 Å². The van der Waals surface area contributed by atoms with E-state index >= 15 is 0 Å². The maximum atomic E-state index is 8.56. The Morgan fingerprint density at radius 2 is 1.54 bits per heavy atom. The number of hydrogen-bond acceptors (Lipinski definition) is 5. The molecule has 8 heteroatoms. The van der Waals surface area contributed by atoms with Crippen LogP contribution in [-0.2, 0) is 26.5 Å². The van der Waals surface area contributed by atoms with E-state index in [1.807, 2.05) is 123 Å². The van der Waals surface area contributed by atoms with Crippen LogP contribution in [0.25, 0.3) is 94.5 Å². The largest absolute Gasteiger partial charge is 0 e. The molecule has 0 aliphatic heterocycles. The van der Waals surface area contributed by atoms with Gasteiger partial charge < -0.3 is 13.4 Å². The summed E-state index contributed by atoms with van der Waals surface area (Å²) >= 11 is -2.20. The van der Waals surface area contributed by atoms with Gasteiger partial charge in [0.25, 0.3) is 0 Å². The first-order chi connectivity index (χ1) is 32.1. The first-order valence-electron chi connectivity index (χ1n) is 23.3. The minimum atomic E-state index is -2.35. The molecular formula is C55H46GeIrN4O2-2. The quantitative estimate of drug-likeness (QED) is 0.117. The topological polar surface area (TPSA) is 69.9 Å². The zero-order valence-electron chi connectivity index (χ0n) is 40.4. The van der Waals surface area contributed by atoms with Gasteiger partial charge in [-0.1, -0.05) is 71.6 Å². The van der Waals surface area contributed by atoms with Crippen LogP contribution < -0.4 is 4.40 Å². The smallest absolute Gasteiger partial charge is 0 e. The Hall–Kier alpha value is -6.12. The molecule has 6 nitrogen and oxygen atoms in total. The van der Waals surface area contributed by atoms with Crippen molar-refractivity contribution in [2.24, 2.45) is 5.92 Å². The summed E-state index contributed by atoms with van der Waals surface area (Å²) in [6.07, 6.45) is 0.562. The van der Waals surface area contributed by atoms with Crippen molar-refractivity contribution in [3.63, 3.8) is 0 Å². The standard InChI is InChI=1S/C37H22N3O2.C18H24GeN.Ir/c1-22-18-19-26-25-13-9-14-28(34(25)42-37(26)38-22)36-39-29-15-6-7-16-30(29)40(36)31-21-20-24(23-10-3-2-4-11-23)35-33(31)27-12-5-8-17-32(27)41-35;1-14(2)11-16-12-18(15-9-7-6-8-10-15)20-13-17(16)19(3,4)5;/h2-13,15-21H,1H3;6-9,12-14H,11H2,1-5H3;/q2*-1;/i1D3;11D2;. The van der Waals surface area contributed by atoms with E-state index in [9.17, 15) is 0 Å². The number of aryl methyl sites for hydroxylation is 1. The normalized spacial score (nSPS) is 13.3. The van der Waals surface area contributed by atoms with Crippen LogP contribution in [0.3, 0.4) is 0 Å². The number of furan rings is 2. The number of hydrogen-bond donors (Lipinski definition) is 0. The first kappa shape index (κ1) is 36.4. The Labute approximate surface area is 390 Å². The molecule has 0 saturated carbocycles. The number of aromatic nitrogens is 4. The van der Waals surface area contributed by atoms with Crippen molar-refractivity contribution in [3.8, 4) is 39.5 Å². The molecule has 0 N–H and O–H groups in total. The van der Waals surface area contributed by atoms with Crippen LogP contribution in [0.1, 0.15) is 32.0 Å². The molecule has 11 rings (SSSR count). The summed E-state index contributed by atoms with van der Waals surface area (Å²) in [4.78, 5) is 14.1. The van der Waals surface area contributed by atoms with Gasteiger partial charge in [0.05, 0.1) is 33.5 Å². The Morgan fingerprint density at radius 3 is 2.33 bits per heavy atom. The van der Waals surface area contributed by atoms with Crippen molar-refractivity contribution in [2.45, 2.75) is 44.3 Å². The average Bonchev–Trinajstić information content (AvgIpc) is 4.03. The average molecular weight is 1060 g/mol. The van der Waals surface area contributed by atoms with E-state index in [1.54, 1.807) is 6.07 Å². The molecule has 0 bridgehead atoms. The molecular weight excluding hydrogens is 1010 g/mol. The molecule has 313 valence electrons. The van der Waals surface area contributed by atoms with Crippen molar-refractivity contribution < 1.29 is 35.8 Å². The SMILES string of the molecule is [2H]C([2H])([2H])c1ccc2c(n1)oc1c(-c3nc4ccccc4n3-c3ccc(-c4ccccc4)c4oc5ccccc5c34)[c-]ccc12.[2H]C([2H])(c1cc(-c2[c-]cccc2)nc[c]1[Ge]([CH3])([CH3])[CH3])C(C)C.[Ir]. The summed E-state index contributed by atoms with van der Waals surface area (Å²) in [5, 5.41) is 3.50. The van der Waals surface area contributed by atoms with Crippen LogP contribution in [-0.4, -0.2) is 32.8 Å². The maximum Gasteiger partial charge on any atom is 0 e. The minimum absolute atomic E-state index is 0. The minimum Gasteiger partial charge on any atom is 0 e. The third kappa shape index (κ3) is 7.95. The van der Waals surface area contributed by atoms with Gasteiger partial charge in [-0.05, 0) is 54.9 Å². The van der Waals surface area contributed by atoms with E-state index in [0.717, 1.165) is 81.8 Å². The van der Waals surface area contributed by atoms with Gasteiger partial charge in [-0.3, -0.25) is 4.98 Å². The third-order valence-electron chi connectivity index (χ3n) is 11.1. The number of fused-ring (bicyclic) bond motifs is 7. The van der Waals surface area contributed by atoms with E-state index in [-0.39, 0.29) is 37.4 Å². The fourth-order valence-corrected chi connectivity index (χ4v) is 11.2. The molecule has 0 fully saturated rings. The predicted molar refractivity (Wildman–Crippen MR) is 258 cm³/mol. The first-order valence-corrected chi connectivity index (χ1v) is 28.1. The molecule has 11 aromatic rings. The van der Waals surface area contributed by atoms with Crippen molar-refractivity contribution in [3.05, 3.63) is 175 Å². The molecule has 0 spiro atoms. The number of imidazole rings is 1. The number of rotatable bonds is 7. The molecule has 0 aliphatic carbocycles. The van der Waals surface area contributed by atoms with Crippen LogP contribution in [0.2, 0.25) is 17.3 Å². The number of para-hydroxylation sites is 3. The second-order valence-electron chi connectivity index (χ2n) is 16.7. The van der Waals surface area contributed by atoms with Gasteiger partial charge >= 0.3 is 128 Å². The van der Waals surface area contributed by atoms with Gasteiger partial charge in [-0.15, -0.1) is 18.2 Å². The molecule has 0 atom stereocenters. The molecule has 0 unspecified atom stereocenters. The Kier molecular flexibility index (Phi) is 9.94. The van der Waals surface area contributed by atoms with E-state index < -0.39 is 26.5 Å². The Morgan fingerprint density at radius 1 is 0.746 bits per heavy atom. The second kappa shape index (κ2) is 17.2. The summed E-state index contributed by atoms with van der Waals surface area (Å²) < 4.78 is 56.8. The van der Waals surface area contributed by atoms with Gasteiger partial charge in [-0.2, -0.15) is 0 Å². The predicted octanol–water partition coefficient (Wildman–Crippen LogP) is 14.0. The third-order valence-corrected chi connectivity index (χ3v) is 15.3. The monoisotopic (exact) mass is 1070 g/mol. The summed E-state index contributed by atoms with van der Waals surface area (Å²) in [5.74, 6) is 7.41. The molecule has 5 heterocycles. The fraction of sp³-hybridized carbons (Fsp3) is 0.145. The number of benzene rings is 6. The number of pyridine rings is 2. The van der Waals surface area contributed by atoms with Crippen LogP contribution in [0, 0.1) is 24.9 Å². The molecule has 6 aromatic carbocycles. The van der Waals surface area contributed by atoms with E-state index in [4.69, 9.17) is 20.7 Å². The Balaban J connectivity index is 0.000000213. The van der Waals surface area contributed by atoms with Crippen molar-refractivity contribution in [1.82, 2.24) is 19.5 Å². The van der Waals surface area contributed by atoms with E-state index in [1.165, 1.54) is 6.07 Å². The number of nitrogens with zero attached hydrogens (tertiary/aromatic N) is 4. The molecule has 63 heavy (non-hydrogen) atoms. The van der Waals surface area contributed by atoms with Gasteiger partial charge in [0, 0.05) is 46.2 Å². The van der Waals surface area contributed by atoms with Crippen LogP contribution in [0.5, 0.6) is 0 Å². The van der Waals surface area contributed by atoms with Crippen LogP contribution in [0.15, 0.2) is 161 Å². The summed E-state index contributed by atoms with van der Waals surface area (Å²) in [6.45, 7) is 1.53.